The molecule has 2 aliphatic rings. The number of amides is 1. The molecule has 1 unspecified atom stereocenters. The van der Waals surface area contributed by atoms with Crippen LogP contribution in [0, 0.1) is 0 Å². The number of hydrogen-bond acceptors (Lipinski definition) is 7. The Hall–Kier alpha value is -2.32. The minimum Gasteiger partial charge on any atom is -0.486 e. The van der Waals surface area contributed by atoms with Gasteiger partial charge in [-0.2, -0.15) is 0 Å². The number of nitrogens with one attached hydrogen (secondary N) is 1. The zero-order valence-corrected chi connectivity index (χ0v) is 17.1. The van der Waals surface area contributed by atoms with Crippen LogP contribution in [0.3, 0.4) is 0 Å². The summed E-state index contributed by atoms with van der Waals surface area (Å²) < 4.78 is 11.3. The summed E-state index contributed by atoms with van der Waals surface area (Å²) in [6.45, 7) is 9.70. The van der Waals surface area contributed by atoms with Crippen LogP contribution in [0.2, 0.25) is 0 Å². The van der Waals surface area contributed by atoms with E-state index >= 15 is 0 Å². The molecule has 0 bridgehead atoms. The molecule has 0 saturated carbocycles. The quantitative estimate of drug-likeness (QED) is 0.829. The molecule has 28 heavy (non-hydrogen) atoms. The summed E-state index contributed by atoms with van der Waals surface area (Å²) in [5.74, 6) is 1.63. The smallest absolute Gasteiger partial charge is 0.263 e. The van der Waals surface area contributed by atoms with Gasteiger partial charge in [-0.15, -0.1) is 0 Å². The number of ether oxygens (including phenoxy) is 2. The zero-order valence-electron chi connectivity index (χ0n) is 16.3. The van der Waals surface area contributed by atoms with Crippen LogP contribution in [0.25, 0.3) is 0 Å². The van der Waals surface area contributed by atoms with Gasteiger partial charge in [0.05, 0.1) is 6.20 Å². The fourth-order valence-electron chi connectivity index (χ4n) is 3.59. The SMILES string of the molecule is CCNC(=O)c1cnc(N2CCN(C(C)c3ccc4c(c3)OCCO4)CC2)s1. The lowest BCUT2D eigenvalue weighted by molar-refractivity contribution is 0.0959. The van der Waals surface area contributed by atoms with Crippen molar-refractivity contribution in [3.8, 4) is 11.5 Å². The molecular weight excluding hydrogens is 376 g/mol. The van der Waals surface area contributed by atoms with Gasteiger partial charge in [0, 0.05) is 38.8 Å². The fraction of sp³-hybridized carbons (Fsp3) is 0.500. The molecular formula is C20H26N4O3S. The van der Waals surface area contributed by atoms with Crippen molar-refractivity contribution in [3.05, 3.63) is 34.8 Å². The van der Waals surface area contributed by atoms with E-state index in [1.54, 1.807) is 6.20 Å². The number of piperazine rings is 1. The van der Waals surface area contributed by atoms with Gasteiger partial charge in [-0.3, -0.25) is 9.69 Å². The first kappa shape index (κ1) is 19.0. The summed E-state index contributed by atoms with van der Waals surface area (Å²) in [5.41, 5.74) is 1.24. The molecule has 0 spiro atoms. The summed E-state index contributed by atoms with van der Waals surface area (Å²) in [6, 6.07) is 6.55. The number of nitrogens with zero attached hydrogens (tertiary/aromatic N) is 3. The van der Waals surface area contributed by atoms with Crippen LogP contribution < -0.4 is 19.7 Å². The average molecular weight is 403 g/mol. The van der Waals surface area contributed by atoms with Gasteiger partial charge < -0.3 is 19.7 Å². The number of fused-ring (bicyclic) bond motifs is 1. The maximum atomic E-state index is 12.0. The molecule has 8 heteroatoms. The normalized spacial score (nSPS) is 18.0. The molecule has 1 amide bonds. The highest BCUT2D eigenvalue weighted by molar-refractivity contribution is 7.17. The monoisotopic (exact) mass is 402 g/mol. The average Bonchev–Trinajstić information content (AvgIpc) is 3.24. The first-order valence-electron chi connectivity index (χ1n) is 9.78. The second-order valence-corrected chi connectivity index (χ2v) is 7.98. The number of carbonyl (C=O) groups excluding carboxylic acids is 1. The van der Waals surface area contributed by atoms with E-state index in [0.29, 0.717) is 30.7 Å². The van der Waals surface area contributed by atoms with Crippen molar-refractivity contribution in [3.63, 3.8) is 0 Å². The van der Waals surface area contributed by atoms with Gasteiger partial charge in [-0.05, 0) is 31.5 Å². The van der Waals surface area contributed by atoms with Gasteiger partial charge in [0.25, 0.3) is 5.91 Å². The molecule has 7 nitrogen and oxygen atoms in total. The summed E-state index contributed by atoms with van der Waals surface area (Å²) in [4.78, 5) is 21.8. The molecule has 4 rings (SSSR count). The maximum Gasteiger partial charge on any atom is 0.263 e. The number of aromatic nitrogens is 1. The fourth-order valence-corrected chi connectivity index (χ4v) is 4.48. The minimum atomic E-state index is -0.0443. The third kappa shape index (κ3) is 3.93. The Morgan fingerprint density at radius 2 is 1.96 bits per heavy atom. The van der Waals surface area contributed by atoms with Crippen molar-refractivity contribution in [2.75, 3.05) is 50.8 Å². The number of thiazole rings is 1. The highest BCUT2D eigenvalue weighted by atomic mass is 32.1. The highest BCUT2D eigenvalue weighted by Crippen LogP contribution is 2.34. The molecule has 2 aromatic rings. The molecule has 0 aliphatic carbocycles. The van der Waals surface area contributed by atoms with Gasteiger partial charge in [0.15, 0.2) is 16.6 Å². The minimum absolute atomic E-state index is 0.0443. The molecule has 0 radical (unpaired) electrons. The lowest BCUT2D eigenvalue weighted by atomic mass is 10.1. The van der Waals surface area contributed by atoms with Crippen LogP contribution in [0.15, 0.2) is 24.4 Å². The van der Waals surface area contributed by atoms with Gasteiger partial charge in [0.1, 0.15) is 18.1 Å². The van der Waals surface area contributed by atoms with Crippen molar-refractivity contribution in [2.45, 2.75) is 19.9 Å². The predicted molar refractivity (Wildman–Crippen MR) is 110 cm³/mol. The van der Waals surface area contributed by atoms with Crippen LogP contribution in [-0.2, 0) is 0 Å². The summed E-state index contributed by atoms with van der Waals surface area (Å²) in [7, 11) is 0. The van der Waals surface area contributed by atoms with Gasteiger partial charge >= 0.3 is 0 Å². The number of rotatable bonds is 5. The van der Waals surface area contributed by atoms with Gasteiger partial charge in [-0.25, -0.2) is 4.98 Å². The molecule has 2 aliphatic heterocycles. The first-order chi connectivity index (χ1) is 13.7. The lowest BCUT2D eigenvalue weighted by Gasteiger charge is -2.38. The maximum absolute atomic E-state index is 12.0. The van der Waals surface area contributed by atoms with Gasteiger partial charge in [-0.1, -0.05) is 17.4 Å². The predicted octanol–water partition coefficient (Wildman–Crippen LogP) is 2.55. The van der Waals surface area contributed by atoms with Crippen molar-refractivity contribution in [1.29, 1.82) is 0 Å². The van der Waals surface area contributed by atoms with Crippen molar-refractivity contribution >= 4 is 22.4 Å². The van der Waals surface area contributed by atoms with E-state index in [1.165, 1.54) is 16.9 Å². The molecule has 1 atom stereocenters. The van der Waals surface area contributed by atoms with E-state index in [-0.39, 0.29) is 5.91 Å². The summed E-state index contributed by atoms with van der Waals surface area (Å²) in [5, 5.41) is 3.75. The Bertz CT molecular complexity index is 833. The highest BCUT2D eigenvalue weighted by Gasteiger charge is 2.25. The van der Waals surface area contributed by atoms with Gasteiger partial charge in [0.2, 0.25) is 0 Å². The van der Waals surface area contributed by atoms with Crippen LogP contribution in [0.1, 0.15) is 35.1 Å². The van der Waals surface area contributed by atoms with Crippen LogP contribution in [0.5, 0.6) is 11.5 Å². The number of benzene rings is 1. The van der Waals surface area contributed by atoms with E-state index in [9.17, 15) is 4.79 Å². The standard InChI is InChI=1S/C20H26N4O3S/c1-3-21-19(25)18-13-22-20(28-18)24-8-6-23(7-9-24)14(2)15-4-5-16-17(12-15)27-11-10-26-16/h4-5,12-14H,3,6-11H2,1-2H3,(H,21,25). The largest absolute Gasteiger partial charge is 0.486 e. The Kier molecular flexibility index (Phi) is 5.68. The lowest BCUT2D eigenvalue weighted by Crippen LogP contribution is -2.47. The van der Waals surface area contributed by atoms with Crippen LogP contribution in [-0.4, -0.2) is 61.7 Å². The molecule has 3 heterocycles. The zero-order chi connectivity index (χ0) is 19.5. The van der Waals surface area contributed by atoms with E-state index in [4.69, 9.17) is 9.47 Å². The Morgan fingerprint density at radius 3 is 2.71 bits per heavy atom. The molecule has 1 fully saturated rings. The molecule has 1 aromatic heterocycles. The van der Waals surface area contributed by atoms with E-state index in [0.717, 1.165) is 42.8 Å². The van der Waals surface area contributed by atoms with E-state index in [1.807, 2.05) is 13.0 Å². The Morgan fingerprint density at radius 1 is 1.21 bits per heavy atom. The molecule has 150 valence electrons. The Labute approximate surface area is 169 Å². The van der Waals surface area contributed by atoms with Crippen LogP contribution >= 0.6 is 11.3 Å². The van der Waals surface area contributed by atoms with Crippen molar-refractivity contribution in [1.82, 2.24) is 15.2 Å². The third-order valence-corrected chi connectivity index (χ3v) is 6.29. The van der Waals surface area contributed by atoms with E-state index in [2.05, 4.69) is 39.2 Å². The second-order valence-electron chi connectivity index (χ2n) is 6.97. The molecule has 1 aromatic carbocycles. The number of carbonyl (C=O) groups is 1. The first-order valence-corrected chi connectivity index (χ1v) is 10.6. The van der Waals surface area contributed by atoms with Crippen molar-refractivity contribution in [2.24, 2.45) is 0 Å². The van der Waals surface area contributed by atoms with E-state index < -0.39 is 0 Å². The number of anilines is 1. The molecule has 1 N–H and O–H groups in total. The molecule has 1 saturated heterocycles. The Balaban J connectivity index is 1.37. The van der Waals surface area contributed by atoms with Crippen molar-refractivity contribution < 1.29 is 14.3 Å². The third-order valence-electron chi connectivity index (χ3n) is 5.24. The topological polar surface area (TPSA) is 66.9 Å². The van der Waals surface area contributed by atoms with Crippen LogP contribution in [0.4, 0.5) is 5.13 Å². The summed E-state index contributed by atoms with van der Waals surface area (Å²) in [6.07, 6.45) is 1.68. The summed E-state index contributed by atoms with van der Waals surface area (Å²) >= 11 is 1.46. The number of hydrogen-bond donors (Lipinski definition) is 1. The second kappa shape index (κ2) is 8.36.